The maximum atomic E-state index is 12.5. The van der Waals surface area contributed by atoms with E-state index in [0.717, 1.165) is 12.1 Å². The standard InChI is InChI=1S/C11H12F3NO/c1-7-4-8(10(16)2-3-15)6-9(5-7)11(12,13)14/h4-6H,2-3,15H2,1H3. The van der Waals surface area contributed by atoms with Crippen LogP contribution in [-0.4, -0.2) is 12.3 Å². The van der Waals surface area contributed by atoms with Crippen molar-refractivity contribution < 1.29 is 18.0 Å². The molecule has 1 aromatic carbocycles. The van der Waals surface area contributed by atoms with Crippen molar-refractivity contribution in [1.82, 2.24) is 0 Å². The van der Waals surface area contributed by atoms with Gasteiger partial charge in [-0.05, 0) is 37.2 Å². The van der Waals surface area contributed by atoms with Crippen LogP contribution in [0.4, 0.5) is 13.2 Å². The van der Waals surface area contributed by atoms with Gasteiger partial charge in [0.05, 0.1) is 5.56 Å². The number of hydrogen-bond donors (Lipinski definition) is 1. The number of aryl methyl sites for hydroxylation is 1. The lowest BCUT2D eigenvalue weighted by molar-refractivity contribution is -0.137. The average Bonchev–Trinajstić information content (AvgIpc) is 2.16. The average molecular weight is 231 g/mol. The highest BCUT2D eigenvalue weighted by molar-refractivity contribution is 5.96. The number of rotatable bonds is 3. The molecule has 0 radical (unpaired) electrons. The molecule has 0 aliphatic heterocycles. The number of nitrogens with two attached hydrogens (primary N) is 1. The Bertz CT molecular complexity index is 399. The summed E-state index contributed by atoms with van der Waals surface area (Å²) < 4.78 is 37.4. The highest BCUT2D eigenvalue weighted by atomic mass is 19.4. The Morgan fingerprint density at radius 1 is 1.31 bits per heavy atom. The van der Waals surface area contributed by atoms with Gasteiger partial charge in [0.15, 0.2) is 5.78 Å². The minimum atomic E-state index is -4.43. The molecule has 0 atom stereocenters. The van der Waals surface area contributed by atoms with Gasteiger partial charge in [-0.1, -0.05) is 0 Å². The molecule has 0 fully saturated rings. The second-order valence-electron chi connectivity index (χ2n) is 3.55. The third-order valence-electron chi connectivity index (χ3n) is 2.10. The molecule has 2 N–H and O–H groups in total. The molecule has 0 heterocycles. The second kappa shape index (κ2) is 4.65. The summed E-state index contributed by atoms with van der Waals surface area (Å²) in [4.78, 5) is 11.4. The first-order valence-corrected chi connectivity index (χ1v) is 4.76. The lowest BCUT2D eigenvalue weighted by Gasteiger charge is -2.09. The summed E-state index contributed by atoms with van der Waals surface area (Å²) in [5.41, 5.74) is 4.87. The summed E-state index contributed by atoms with van der Waals surface area (Å²) >= 11 is 0. The van der Waals surface area contributed by atoms with Crippen LogP contribution in [0.1, 0.15) is 27.9 Å². The summed E-state index contributed by atoms with van der Waals surface area (Å²) in [7, 11) is 0. The van der Waals surface area contributed by atoms with E-state index in [1.54, 1.807) is 0 Å². The number of carbonyl (C=O) groups is 1. The van der Waals surface area contributed by atoms with E-state index in [9.17, 15) is 18.0 Å². The van der Waals surface area contributed by atoms with Crippen molar-refractivity contribution in [3.63, 3.8) is 0 Å². The maximum absolute atomic E-state index is 12.5. The molecule has 0 aliphatic rings. The van der Waals surface area contributed by atoms with Crippen LogP contribution < -0.4 is 5.73 Å². The van der Waals surface area contributed by atoms with Crippen LogP contribution in [0.5, 0.6) is 0 Å². The fraction of sp³-hybridized carbons (Fsp3) is 0.364. The Labute approximate surface area is 91.3 Å². The van der Waals surface area contributed by atoms with E-state index in [2.05, 4.69) is 0 Å². The van der Waals surface area contributed by atoms with E-state index >= 15 is 0 Å². The first kappa shape index (κ1) is 12.7. The van der Waals surface area contributed by atoms with Gasteiger partial charge in [0, 0.05) is 12.0 Å². The molecule has 16 heavy (non-hydrogen) atoms. The van der Waals surface area contributed by atoms with Crippen LogP contribution in [0.25, 0.3) is 0 Å². The topological polar surface area (TPSA) is 43.1 Å². The molecule has 5 heteroatoms. The molecule has 1 aromatic rings. The lowest BCUT2D eigenvalue weighted by Crippen LogP contribution is -2.11. The molecule has 0 spiro atoms. The monoisotopic (exact) mass is 231 g/mol. The molecule has 0 aliphatic carbocycles. The zero-order chi connectivity index (χ0) is 12.3. The number of carbonyl (C=O) groups excluding carboxylic acids is 1. The van der Waals surface area contributed by atoms with Crippen molar-refractivity contribution in [1.29, 1.82) is 0 Å². The quantitative estimate of drug-likeness (QED) is 0.812. The molecule has 0 saturated carbocycles. The van der Waals surface area contributed by atoms with Gasteiger partial charge in [-0.25, -0.2) is 0 Å². The van der Waals surface area contributed by atoms with Crippen LogP contribution in [0.2, 0.25) is 0 Å². The van der Waals surface area contributed by atoms with Crippen LogP contribution in [-0.2, 0) is 6.18 Å². The minimum Gasteiger partial charge on any atom is -0.330 e. The highest BCUT2D eigenvalue weighted by Gasteiger charge is 2.31. The number of alkyl halides is 3. The third-order valence-corrected chi connectivity index (χ3v) is 2.10. The van der Waals surface area contributed by atoms with Crippen molar-refractivity contribution in [2.45, 2.75) is 19.5 Å². The molecular formula is C11H12F3NO. The van der Waals surface area contributed by atoms with Crippen molar-refractivity contribution >= 4 is 5.78 Å². The van der Waals surface area contributed by atoms with Crippen molar-refractivity contribution in [2.24, 2.45) is 5.73 Å². The molecule has 0 aromatic heterocycles. The minimum absolute atomic E-state index is 0.0563. The first-order chi connectivity index (χ1) is 7.34. The Kier molecular flexibility index (Phi) is 3.70. The molecule has 0 amide bonds. The van der Waals surface area contributed by atoms with Crippen LogP contribution >= 0.6 is 0 Å². The Hall–Kier alpha value is -1.36. The fourth-order valence-corrected chi connectivity index (χ4v) is 1.38. The van der Waals surface area contributed by atoms with Crippen molar-refractivity contribution in [3.8, 4) is 0 Å². The summed E-state index contributed by atoms with van der Waals surface area (Å²) in [5, 5.41) is 0. The molecule has 0 bridgehead atoms. The molecule has 88 valence electrons. The Morgan fingerprint density at radius 3 is 2.44 bits per heavy atom. The summed E-state index contributed by atoms with van der Waals surface area (Å²) in [6, 6.07) is 3.32. The van der Waals surface area contributed by atoms with Gasteiger partial charge in [-0.15, -0.1) is 0 Å². The van der Waals surface area contributed by atoms with E-state index in [0.29, 0.717) is 5.56 Å². The predicted molar refractivity (Wildman–Crippen MR) is 54.2 cm³/mol. The van der Waals surface area contributed by atoms with Crippen molar-refractivity contribution in [2.75, 3.05) is 6.54 Å². The molecular weight excluding hydrogens is 219 g/mol. The van der Waals surface area contributed by atoms with Gasteiger partial charge in [0.25, 0.3) is 0 Å². The summed E-state index contributed by atoms with van der Waals surface area (Å²) in [6.07, 6.45) is -4.37. The zero-order valence-electron chi connectivity index (χ0n) is 8.77. The normalized spacial score (nSPS) is 11.6. The Morgan fingerprint density at radius 2 is 1.94 bits per heavy atom. The predicted octanol–water partition coefficient (Wildman–Crippen LogP) is 2.55. The molecule has 0 unspecified atom stereocenters. The van der Waals surface area contributed by atoms with Crippen LogP contribution in [0, 0.1) is 6.92 Å². The Balaban J connectivity index is 3.13. The SMILES string of the molecule is Cc1cc(C(=O)CCN)cc(C(F)(F)F)c1. The third kappa shape index (κ3) is 3.06. The van der Waals surface area contributed by atoms with E-state index in [1.807, 2.05) is 0 Å². The first-order valence-electron chi connectivity index (χ1n) is 4.76. The number of halogens is 3. The van der Waals surface area contributed by atoms with E-state index in [1.165, 1.54) is 13.0 Å². The lowest BCUT2D eigenvalue weighted by atomic mass is 10.0. The van der Waals surface area contributed by atoms with Gasteiger partial charge >= 0.3 is 6.18 Å². The van der Waals surface area contributed by atoms with E-state index in [4.69, 9.17) is 5.73 Å². The number of hydrogen-bond acceptors (Lipinski definition) is 2. The van der Waals surface area contributed by atoms with Crippen LogP contribution in [0.15, 0.2) is 18.2 Å². The smallest absolute Gasteiger partial charge is 0.330 e. The highest BCUT2D eigenvalue weighted by Crippen LogP contribution is 2.30. The second-order valence-corrected chi connectivity index (χ2v) is 3.55. The number of benzene rings is 1. The summed E-state index contributed by atoms with van der Waals surface area (Å²) in [6.45, 7) is 1.66. The molecule has 0 saturated heterocycles. The maximum Gasteiger partial charge on any atom is 0.416 e. The summed E-state index contributed by atoms with van der Waals surface area (Å²) in [5.74, 6) is -0.364. The largest absolute Gasteiger partial charge is 0.416 e. The van der Waals surface area contributed by atoms with E-state index in [-0.39, 0.29) is 24.3 Å². The van der Waals surface area contributed by atoms with Gasteiger partial charge in [-0.3, -0.25) is 4.79 Å². The zero-order valence-corrected chi connectivity index (χ0v) is 8.77. The van der Waals surface area contributed by atoms with Crippen LogP contribution in [0.3, 0.4) is 0 Å². The fourth-order valence-electron chi connectivity index (χ4n) is 1.38. The van der Waals surface area contributed by atoms with Gasteiger partial charge in [0.2, 0.25) is 0 Å². The van der Waals surface area contributed by atoms with E-state index < -0.39 is 11.7 Å². The van der Waals surface area contributed by atoms with Gasteiger partial charge in [-0.2, -0.15) is 13.2 Å². The van der Waals surface area contributed by atoms with Gasteiger partial charge < -0.3 is 5.73 Å². The molecule has 2 nitrogen and oxygen atoms in total. The van der Waals surface area contributed by atoms with Crippen molar-refractivity contribution in [3.05, 3.63) is 34.9 Å². The van der Waals surface area contributed by atoms with Gasteiger partial charge in [0.1, 0.15) is 0 Å². The number of Topliss-reactive ketones (excluding diaryl/α,β-unsaturated/α-hetero) is 1. The number of ketones is 1. The molecule has 1 rings (SSSR count).